The zero-order valence-electron chi connectivity index (χ0n) is 24.7. The van der Waals surface area contributed by atoms with Crippen LogP contribution in [0.4, 0.5) is 10.6 Å². The summed E-state index contributed by atoms with van der Waals surface area (Å²) in [6.07, 6.45) is -1.47. The molecule has 0 radical (unpaired) electrons. The van der Waals surface area contributed by atoms with Gasteiger partial charge in [0.15, 0.2) is 5.82 Å². The van der Waals surface area contributed by atoms with Gasteiger partial charge in [0, 0.05) is 63.9 Å². The minimum atomic E-state index is -3.77. The van der Waals surface area contributed by atoms with E-state index in [1.54, 1.807) is 27.0 Å². The summed E-state index contributed by atoms with van der Waals surface area (Å²) in [6.45, 7) is 5.99. The minimum Gasteiger partial charge on any atom is -0.465 e. The zero-order valence-corrected chi connectivity index (χ0v) is 25.6. The maximum Gasteiger partial charge on any atom is 0.407 e. The first-order valence-corrected chi connectivity index (χ1v) is 16.0. The third kappa shape index (κ3) is 8.29. The lowest BCUT2D eigenvalue weighted by Crippen LogP contribution is -2.56. The fourth-order valence-corrected chi connectivity index (χ4v) is 6.81. The van der Waals surface area contributed by atoms with Crippen molar-refractivity contribution in [1.29, 1.82) is 0 Å². The maximum atomic E-state index is 13.7. The number of carbonyl (C=O) groups is 3. The van der Waals surface area contributed by atoms with E-state index in [0.29, 0.717) is 42.8 Å². The zero-order chi connectivity index (χ0) is 31.0. The molecule has 4 rings (SSSR count). The fraction of sp³-hybridized carbons (Fsp3) is 0.536. The number of hydrogen-bond donors (Lipinski definition) is 2. The molecule has 1 aromatic heterocycles. The second-order valence-corrected chi connectivity index (χ2v) is 12.4. The van der Waals surface area contributed by atoms with Crippen molar-refractivity contribution in [2.75, 3.05) is 77.3 Å². The van der Waals surface area contributed by atoms with Gasteiger partial charge in [-0.05, 0) is 13.8 Å². The molecule has 2 N–H and O–H groups in total. The molecule has 0 bridgehead atoms. The normalized spacial score (nSPS) is 16.5. The Balaban J connectivity index is 1.62. The number of methoxy groups -OCH3 is 1. The highest BCUT2D eigenvalue weighted by Crippen LogP contribution is 2.48. The number of ether oxygens (including phenoxy) is 1. The molecule has 2 fully saturated rings. The van der Waals surface area contributed by atoms with Gasteiger partial charge >= 0.3 is 13.7 Å². The number of piperazine rings is 1. The van der Waals surface area contributed by atoms with Gasteiger partial charge in [0.05, 0.1) is 26.0 Å². The van der Waals surface area contributed by atoms with Crippen LogP contribution in [0.15, 0.2) is 36.4 Å². The van der Waals surface area contributed by atoms with Gasteiger partial charge in [-0.1, -0.05) is 30.3 Å². The molecule has 1 atom stereocenters. The Labute approximate surface area is 250 Å². The molecular formula is C28H39N6O8P. The van der Waals surface area contributed by atoms with Crippen LogP contribution in [0.3, 0.4) is 0 Å². The van der Waals surface area contributed by atoms with Crippen molar-refractivity contribution in [2.45, 2.75) is 19.9 Å². The third-order valence-electron chi connectivity index (χ3n) is 7.18. The van der Waals surface area contributed by atoms with E-state index < -0.39 is 37.7 Å². The van der Waals surface area contributed by atoms with E-state index in [4.69, 9.17) is 18.8 Å². The summed E-state index contributed by atoms with van der Waals surface area (Å²) >= 11 is 0. The van der Waals surface area contributed by atoms with Gasteiger partial charge in [-0.2, -0.15) is 0 Å². The number of anilines is 1. The van der Waals surface area contributed by atoms with Crippen molar-refractivity contribution in [2.24, 2.45) is 5.92 Å². The van der Waals surface area contributed by atoms with Gasteiger partial charge in [-0.15, -0.1) is 0 Å². The number of aromatic nitrogens is 2. The lowest BCUT2D eigenvalue weighted by atomic mass is 10.0. The van der Waals surface area contributed by atoms with Crippen molar-refractivity contribution in [3.05, 3.63) is 42.1 Å². The van der Waals surface area contributed by atoms with Gasteiger partial charge in [-0.25, -0.2) is 14.8 Å². The van der Waals surface area contributed by atoms with Crippen LogP contribution in [0, 0.1) is 5.92 Å². The highest BCUT2D eigenvalue weighted by molar-refractivity contribution is 7.54. The van der Waals surface area contributed by atoms with Gasteiger partial charge in [0.2, 0.25) is 5.91 Å². The first-order valence-electron chi connectivity index (χ1n) is 14.3. The number of nitrogens with one attached hydrogen (secondary N) is 1. The molecule has 234 valence electrons. The second-order valence-electron chi connectivity index (χ2n) is 10.3. The summed E-state index contributed by atoms with van der Waals surface area (Å²) in [4.78, 5) is 52.7. The number of nitrogens with zero attached hydrogens (tertiary/aromatic N) is 5. The predicted octanol–water partition coefficient (Wildman–Crippen LogP) is 2.41. The average Bonchev–Trinajstić information content (AvgIpc) is 2.98. The van der Waals surface area contributed by atoms with Crippen LogP contribution in [0.25, 0.3) is 11.4 Å². The van der Waals surface area contributed by atoms with Crippen molar-refractivity contribution < 1.29 is 37.8 Å². The first-order chi connectivity index (χ1) is 20.7. The first kappa shape index (κ1) is 32.3. The molecule has 0 aliphatic carbocycles. The van der Waals surface area contributed by atoms with Gasteiger partial charge in [0.1, 0.15) is 17.6 Å². The van der Waals surface area contributed by atoms with Crippen molar-refractivity contribution in [1.82, 2.24) is 25.1 Å². The monoisotopic (exact) mass is 618 g/mol. The molecule has 2 aliphatic heterocycles. The fourth-order valence-electron chi connectivity index (χ4n) is 5.04. The number of carbonyl (C=O) groups excluding carboxylic acids is 2. The van der Waals surface area contributed by atoms with Crippen molar-refractivity contribution in [3.8, 4) is 11.4 Å². The van der Waals surface area contributed by atoms with Crippen LogP contribution in [0.1, 0.15) is 24.3 Å². The van der Waals surface area contributed by atoms with Crippen LogP contribution in [0.2, 0.25) is 0 Å². The Morgan fingerprint density at radius 2 is 1.65 bits per heavy atom. The molecule has 14 nitrogen and oxygen atoms in total. The maximum absolute atomic E-state index is 13.7. The Kier molecular flexibility index (Phi) is 11.1. The summed E-state index contributed by atoms with van der Waals surface area (Å²) < 4.78 is 29.6. The molecule has 0 spiro atoms. The molecular weight excluding hydrogens is 579 g/mol. The van der Waals surface area contributed by atoms with Gasteiger partial charge in [-0.3, -0.25) is 14.2 Å². The smallest absolute Gasteiger partial charge is 0.407 e. The molecule has 2 aromatic rings. The van der Waals surface area contributed by atoms with Crippen molar-refractivity contribution in [3.63, 3.8) is 0 Å². The number of rotatable bonds is 13. The Hall–Kier alpha value is -3.58. The summed E-state index contributed by atoms with van der Waals surface area (Å²) in [5.74, 6) is 0.0821. The molecule has 2 saturated heterocycles. The highest BCUT2D eigenvalue weighted by atomic mass is 31.2. The van der Waals surface area contributed by atoms with Crippen molar-refractivity contribution >= 4 is 31.3 Å². The standard InChI is InChI=1S/C28H39N6O8P/c1-4-41-43(39,42-5-2)19-23(27(36)32-11-13-33(14-12-32)28(37)38)30-26(35)22-15-24(34-16-20(17-34)18-40-3)31-25(29-22)21-9-7-6-8-10-21/h6-10,15,20,23H,4-5,11-14,16-19H2,1-3H3,(H,30,35)(H,37,38)/t23-/m0/s1. The summed E-state index contributed by atoms with van der Waals surface area (Å²) in [5.41, 5.74) is 0.753. The van der Waals surface area contributed by atoms with Crippen LogP contribution < -0.4 is 10.2 Å². The topological polar surface area (TPSA) is 164 Å². The quantitative estimate of drug-likeness (QED) is 0.317. The molecule has 0 unspecified atom stereocenters. The van der Waals surface area contributed by atoms with E-state index in [-0.39, 0.29) is 45.1 Å². The Bertz CT molecular complexity index is 1310. The van der Waals surface area contributed by atoms with Crippen LogP contribution in [0.5, 0.6) is 0 Å². The molecule has 0 saturated carbocycles. The lowest BCUT2D eigenvalue weighted by molar-refractivity contribution is -0.134. The van der Waals surface area contributed by atoms with Crippen LogP contribution in [-0.2, 0) is 23.1 Å². The SMILES string of the molecule is CCOP(=O)(C[C@H](NC(=O)c1cc(N2CC(COC)C2)nc(-c2ccccc2)n1)C(=O)N1CCN(C(=O)O)CC1)OCC. The van der Waals surface area contributed by atoms with E-state index in [0.717, 1.165) is 0 Å². The molecule has 2 aliphatic rings. The largest absolute Gasteiger partial charge is 0.465 e. The second kappa shape index (κ2) is 14.7. The third-order valence-corrected chi connectivity index (χ3v) is 9.30. The Morgan fingerprint density at radius 3 is 2.23 bits per heavy atom. The summed E-state index contributed by atoms with van der Waals surface area (Å²) in [7, 11) is -2.11. The summed E-state index contributed by atoms with van der Waals surface area (Å²) in [5, 5.41) is 12.0. The molecule has 43 heavy (non-hydrogen) atoms. The number of amides is 3. The van der Waals surface area contributed by atoms with E-state index in [2.05, 4.69) is 10.3 Å². The molecule has 1 aromatic carbocycles. The minimum absolute atomic E-state index is 0.0372. The van der Waals surface area contributed by atoms with E-state index in [1.165, 1.54) is 9.80 Å². The molecule has 3 amide bonds. The number of carboxylic acid groups (broad SMARTS) is 1. The van der Waals surface area contributed by atoms with Gasteiger partial charge in [0.25, 0.3) is 5.91 Å². The van der Waals surface area contributed by atoms with E-state index >= 15 is 0 Å². The lowest BCUT2D eigenvalue weighted by Gasteiger charge is -2.40. The molecule has 3 heterocycles. The van der Waals surface area contributed by atoms with Crippen LogP contribution >= 0.6 is 7.60 Å². The number of benzene rings is 1. The Morgan fingerprint density at radius 1 is 1.02 bits per heavy atom. The predicted molar refractivity (Wildman–Crippen MR) is 158 cm³/mol. The van der Waals surface area contributed by atoms with E-state index in [1.807, 2.05) is 35.2 Å². The average molecular weight is 619 g/mol. The van der Waals surface area contributed by atoms with Gasteiger partial charge < -0.3 is 38.9 Å². The van der Waals surface area contributed by atoms with Crippen LogP contribution in [-0.4, -0.2) is 121 Å². The highest BCUT2D eigenvalue weighted by Gasteiger charge is 2.38. The number of hydrogen-bond acceptors (Lipinski definition) is 10. The molecule has 15 heteroatoms. The summed E-state index contributed by atoms with van der Waals surface area (Å²) in [6, 6.07) is 9.54. The van der Waals surface area contributed by atoms with E-state index in [9.17, 15) is 24.1 Å².